The van der Waals surface area contributed by atoms with Crippen LogP contribution in [-0.4, -0.2) is 41.9 Å². The molecule has 5 rings (SSSR count). The summed E-state index contributed by atoms with van der Waals surface area (Å²) in [4.78, 5) is 14.1. The van der Waals surface area contributed by atoms with Crippen molar-refractivity contribution in [3.63, 3.8) is 0 Å². The number of methoxy groups -OCH3 is 1. The SMILES string of the molecule is COc1cnc2c(NCc3nnc4ccc(-c5cnc(C)s5)nn34)ccnc2c1. The lowest BCUT2D eigenvalue weighted by Crippen LogP contribution is -2.07. The number of aromatic nitrogens is 7. The van der Waals surface area contributed by atoms with Crippen molar-refractivity contribution in [2.45, 2.75) is 13.5 Å². The molecule has 5 heterocycles. The highest BCUT2D eigenvalue weighted by molar-refractivity contribution is 7.15. The molecule has 5 aromatic heterocycles. The highest BCUT2D eigenvalue weighted by atomic mass is 32.1. The van der Waals surface area contributed by atoms with Crippen molar-refractivity contribution in [3.05, 3.63) is 53.7 Å². The molecule has 0 aliphatic rings. The maximum absolute atomic E-state index is 5.22. The highest BCUT2D eigenvalue weighted by Gasteiger charge is 2.11. The smallest absolute Gasteiger partial charge is 0.178 e. The zero-order valence-corrected chi connectivity index (χ0v) is 16.5. The Hall–Kier alpha value is -3.66. The van der Waals surface area contributed by atoms with Crippen LogP contribution in [0.3, 0.4) is 0 Å². The molecule has 0 saturated heterocycles. The summed E-state index contributed by atoms with van der Waals surface area (Å²) in [5.74, 6) is 1.36. The first-order valence-corrected chi connectivity index (χ1v) is 9.70. The Kier molecular flexibility index (Phi) is 4.24. The quantitative estimate of drug-likeness (QED) is 0.477. The van der Waals surface area contributed by atoms with Crippen molar-refractivity contribution >= 4 is 33.7 Å². The monoisotopic (exact) mass is 404 g/mol. The van der Waals surface area contributed by atoms with Gasteiger partial charge in [-0.1, -0.05) is 0 Å². The molecule has 0 radical (unpaired) electrons. The summed E-state index contributed by atoms with van der Waals surface area (Å²) in [6.45, 7) is 2.41. The zero-order chi connectivity index (χ0) is 19.8. The molecule has 0 unspecified atom stereocenters. The van der Waals surface area contributed by atoms with E-state index in [1.807, 2.05) is 37.4 Å². The first kappa shape index (κ1) is 17.4. The summed E-state index contributed by atoms with van der Waals surface area (Å²) < 4.78 is 6.97. The molecular weight excluding hydrogens is 388 g/mol. The Bertz CT molecular complexity index is 1330. The van der Waals surface area contributed by atoms with E-state index >= 15 is 0 Å². The number of hydrogen-bond donors (Lipinski definition) is 1. The summed E-state index contributed by atoms with van der Waals surface area (Å²) in [5.41, 5.74) is 3.89. The normalized spacial score (nSPS) is 11.2. The lowest BCUT2D eigenvalue weighted by atomic mass is 10.2. The molecule has 0 aliphatic carbocycles. The molecule has 0 bridgehead atoms. The lowest BCUT2D eigenvalue weighted by Gasteiger charge is -2.08. The molecule has 1 N–H and O–H groups in total. The Morgan fingerprint density at radius 2 is 2.03 bits per heavy atom. The molecule has 0 spiro atoms. The van der Waals surface area contributed by atoms with E-state index in [9.17, 15) is 0 Å². The van der Waals surface area contributed by atoms with E-state index in [0.29, 0.717) is 23.8 Å². The van der Waals surface area contributed by atoms with Gasteiger partial charge in [-0.3, -0.25) is 4.98 Å². The van der Waals surface area contributed by atoms with Crippen LogP contribution in [0.2, 0.25) is 0 Å². The molecule has 0 aliphatic heterocycles. The van der Waals surface area contributed by atoms with Crippen LogP contribution in [0.4, 0.5) is 5.69 Å². The van der Waals surface area contributed by atoms with Gasteiger partial charge < -0.3 is 10.1 Å². The maximum atomic E-state index is 5.22. The van der Waals surface area contributed by atoms with Crippen LogP contribution >= 0.6 is 11.3 Å². The molecule has 5 aromatic rings. The van der Waals surface area contributed by atoms with Gasteiger partial charge in [0.25, 0.3) is 0 Å². The third-order valence-corrected chi connectivity index (χ3v) is 5.36. The van der Waals surface area contributed by atoms with Crippen LogP contribution in [-0.2, 0) is 6.54 Å². The van der Waals surface area contributed by atoms with Crippen molar-refractivity contribution < 1.29 is 4.74 Å². The highest BCUT2D eigenvalue weighted by Crippen LogP contribution is 2.25. The number of aryl methyl sites for hydroxylation is 1. The molecule has 0 aromatic carbocycles. The van der Waals surface area contributed by atoms with E-state index in [0.717, 1.165) is 32.3 Å². The van der Waals surface area contributed by atoms with Gasteiger partial charge in [0, 0.05) is 18.5 Å². The number of thiazole rings is 1. The summed E-state index contributed by atoms with van der Waals surface area (Å²) in [5, 5.41) is 17.5. The molecule has 0 saturated carbocycles. The average molecular weight is 404 g/mol. The van der Waals surface area contributed by atoms with Gasteiger partial charge >= 0.3 is 0 Å². The average Bonchev–Trinajstić information content (AvgIpc) is 3.37. The van der Waals surface area contributed by atoms with Crippen LogP contribution in [0.5, 0.6) is 5.75 Å². The van der Waals surface area contributed by atoms with E-state index in [2.05, 4.69) is 30.5 Å². The third kappa shape index (κ3) is 3.23. The van der Waals surface area contributed by atoms with Crippen LogP contribution < -0.4 is 10.1 Å². The van der Waals surface area contributed by atoms with Crippen molar-refractivity contribution in [3.8, 4) is 16.3 Å². The van der Waals surface area contributed by atoms with Gasteiger partial charge in [-0.2, -0.15) is 9.61 Å². The Morgan fingerprint density at radius 1 is 1.10 bits per heavy atom. The predicted octanol–water partition coefficient (Wildman–Crippen LogP) is 3.12. The van der Waals surface area contributed by atoms with Gasteiger partial charge in [0.2, 0.25) is 0 Å². The molecule has 0 atom stereocenters. The second-order valence-corrected chi connectivity index (χ2v) is 7.54. The summed E-state index contributed by atoms with van der Waals surface area (Å²) in [6, 6.07) is 7.57. The van der Waals surface area contributed by atoms with Crippen LogP contribution in [0, 0.1) is 6.92 Å². The second kappa shape index (κ2) is 7.06. The largest absolute Gasteiger partial charge is 0.495 e. The van der Waals surface area contributed by atoms with Gasteiger partial charge in [0.15, 0.2) is 11.5 Å². The lowest BCUT2D eigenvalue weighted by molar-refractivity contribution is 0.413. The molecular formula is C19H16N8OS. The summed E-state index contributed by atoms with van der Waals surface area (Å²) in [7, 11) is 1.61. The zero-order valence-electron chi connectivity index (χ0n) is 15.7. The van der Waals surface area contributed by atoms with Gasteiger partial charge in [0.1, 0.15) is 17.0 Å². The fourth-order valence-electron chi connectivity index (χ4n) is 2.99. The topological polar surface area (TPSA) is 103 Å². The van der Waals surface area contributed by atoms with E-state index in [-0.39, 0.29) is 0 Å². The number of ether oxygens (including phenoxy) is 1. The molecule has 9 nitrogen and oxygen atoms in total. The number of nitrogens with one attached hydrogen (secondary N) is 1. The Balaban J connectivity index is 1.46. The van der Waals surface area contributed by atoms with Crippen LogP contribution in [0.25, 0.3) is 27.3 Å². The van der Waals surface area contributed by atoms with E-state index in [1.54, 1.807) is 35.4 Å². The summed E-state index contributed by atoms with van der Waals surface area (Å²) >= 11 is 1.60. The van der Waals surface area contributed by atoms with E-state index < -0.39 is 0 Å². The number of nitrogens with zero attached hydrogens (tertiary/aromatic N) is 7. The Morgan fingerprint density at radius 3 is 2.86 bits per heavy atom. The molecule has 0 amide bonds. The summed E-state index contributed by atoms with van der Waals surface area (Å²) in [6.07, 6.45) is 5.24. The van der Waals surface area contributed by atoms with Crippen molar-refractivity contribution in [1.82, 2.24) is 34.8 Å². The minimum Gasteiger partial charge on any atom is -0.495 e. The fraction of sp³-hybridized carbons (Fsp3) is 0.158. The minimum atomic E-state index is 0.437. The van der Waals surface area contributed by atoms with E-state index in [1.165, 1.54) is 0 Å². The number of rotatable bonds is 5. The molecule has 144 valence electrons. The van der Waals surface area contributed by atoms with Gasteiger partial charge in [0.05, 0.1) is 40.9 Å². The third-order valence-electron chi connectivity index (χ3n) is 4.43. The van der Waals surface area contributed by atoms with Gasteiger partial charge in [-0.15, -0.1) is 21.5 Å². The number of fused-ring (bicyclic) bond motifs is 2. The Labute approximate surface area is 169 Å². The fourth-order valence-corrected chi connectivity index (χ4v) is 3.74. The van der Waals surface area contributed by atoms with E-state index in [4.69, 9.17) is 9.84 Å². The second-order valence-electron chi connectivity index (χ2n) is 6.30. The predicted molar refractivity (Wildman–Crippen MR) is 110 cm³/mol. The van der Waals surface area contributed by atoms with Crippen molar-refractivity contribution in [1.29, 1.82) is 0 Å². The maximum Gasteiger partial charge on any atom is 0.178 e. The number of anilines is 1. The molecule has 10 heteroatoms. The van der Waals surface area contributed by atoms with Gasteiger partial charge in [-0.25, -0.2) is 9.97 Å². The molecule has 29 heavy (non-hydrogen) atoms. The van der Waals surface area contributed by atoms with Crippen molar-refractivity contribution in [2.75, 3.05) is 12.4 Å². The first-order chi connectivity index (χ1) is 14.2. The standard InChI is InChI=1S/C19H16N8OS/c1-11-21-9-16(29-11)13-3-4-17-24-25-18(27(17)26-13)10-22-14-5-6-20-15-7-12(28-2)8-23-19(14)15/h3-9H,10H2,1-2H3,(H,20,22). The number of hydrogen-bond acceptors (Lipinski definition) is 9. The minimum absolute atomic E-state index is 0.437. The first-order valence-electron chi connectivity index (χ1n) is 8.88. The van der Waals surface area contributed by atoms with Crippen molar-refractivity contribution in [2.24, 2.45) is 0 Å². The van der Waals surface area contributed by atoms with Gasteiger partial charge in [-0.05, 0) is 25.1 Å². The van der Waals surface area contributed by atoms with Crippen LogP contribution in [0.1, 0.15) is 10.8 Å². The molecule has 0 fully saturated rings. The van der Waals surface area contributed by atoms with Crippen LogP contribution in [0.15, 0.2) is 42.9 Å². The number of pyridine rings is 2.